The molecule has 0 saturated heterocycles. The predicted octanol–water partition coefficient (Wildman–Crippen LogP) is 7.34. The van der Waals surface area contributed by atoms with Gasteiger partial charge in [0, 0.05) is 25.6 Å². The van der Waals surface area contributed by atoms with Gasteiger partial charge in [-0.05, 0) is 80.1 Å². The molecule has 1 aliphatic rings. The van der Waals surface area contributed by atoms with Gasteiger partial charge in [0.05, 0.1) is 35.9 Å². The highest BCUT2D eigenvalue weighted by molar-refractivity contribution is 6.02. The van der Waals surface area contributed by atoms with Crippen molar-refractivity contribution in [3.8, 4) is 17.2 Å². The number of nitrogens with zero attached hydrogens (tertiary/aromatic N) is 2. The number of carbonyl (C=O) groups is 2. The average molecular weight is 690 g/mol. The van der Waals surface area contributed by atoms with Crippen LogP contribution < -0.4 is 14.8 Å². The minimum Gasteiger partial charge on any atom is -0.486 e. The number of hydrogen-bond acceptors (Lipinski definition) is 6. The van der Waals surface area contributed by atoms with Crippen LogP contribution in [0.5, 0.6) is 17.2 Å². The molecule has 11 heteroatoms. The van der Waals surface area contributed by atoms with E-state index in [2.05, 4.69) is 10.2 Å². The number of benzene rings is 4. The molecule has 4 aromatic rings. The molecule has 0 spiro atoms. The normalized spacial score (nSPS) is 17.0. The first kappa shape index (κ1) is 36.4. The minimum atomic E-state index is -4.48. The summed E-state index contributed by atoms with van der Waals surface area (Å²) in [6, 6.07) is 24.5. The number of aliphatic hydroxyl groups is 1. The van der Waals surface area contributed by atoms with Gasteiger partial charge in [0.1, 0.15) is 17.6 Å². The summed E-state index contributed by atoms with van der Waals surface area (Å²) in [4.78, 5) is 30.7. The predicted molar refractivity (Wildman–Crippen MR) is 185 cm³/mol. The van der Waals surface area contributed by atoms with Gasteiger partial charge in [0.15, 0.2) is 5.75 Å². The van der Waals surface area contributed by atoms with Gasteiger partial charge < -0.3 is 24.8 Å². The third-order valence-electron chi connectivity index (χ3n) is 8.80. The van der Waals surface area contributed by atoms with Crippen molar-refractivity contribution in [3.05, 3.63) is 119 Å². The molecule has 0 bridgehead atoms. The van der Waals surface area contributed by atoms with E-state index < -0.39 is 29.8 Å². The second-order valence-corrected chi connectivity index (χ2v) is 12.9. The van der Waals surface area contributed by atoms with Gasteiger partial charge in [-0.2, -0.15) is 13.2 Å². The van der Waals surface area contributed by atoms with E-state index >= 15 is 0 Å². The van der Waals surface area contributed by atoms with Crippen LogP contribution in [0.3, 0.4) is 0 Å². The van der Waals surface area contributed by atoms with Crippen LogP contribution in [0.2, 0.25) is 0 Å². The number of hydrogen-bond donors (Lipinski definition) is 2. The molecule has 264 valence electrons. The van der Waals surface area contributed by atoms with Gasteiger partial charge >= 0.3 is 6.18 Å². The van der Waals surface area contributed by atoms with Crippen LogP contribution in [0.15, 0.2) is 91.0 Å². The summed E-state index contributed by atoms with van der Waals surface area (Å²) in [6.45, 7) is 6.94. The van der Waals surface area contributed by atoms with E-state index in [-0.39, 0.29) is 41.9 Å². The van der Waals surface area contributed by atoms with Crippen molar-refractivity contribution in [1.29, 1.82) is 0 Å². The minimum absolute atomic E-state index is 0.163. The van der Waals surface area contributed by atoms with Gasteiger partial charge in [-0.25, -0.2) is 0 Å². The Balaban J connectivity index is 1.34. The number of fused-ring (bicyclic) bond motifs is 1. The quantitative estimate of drug-likeness (QED) is 0.171. The number of halogens is 3. The molecule has 0 aromatic heterocycles. The van der Waals surface area contributed by atoms with E-state index in [1.165, 1.54) is 12.1 Å². The van der Waals surface area contributed by atoms with Gasteiger partial charge in [-0.3, -0.25) is 14.5 Å². The topological polar surface area (TPSA) is 91.3 Å². The Labute approximate surface area is 290 Å². The summed E-state index contributed by atoms with van der Waals surface area (Å²) in [7, 11) is 1.98. The lowest BCUT2D eigenvalue weighted by atomic mass is 9.98. The molecule has 2 amide bonds. The number of nitrogens with one attached hydrogen (secondary N) is 1. The second-order valence-electron chi connectivity index (χ2n) is 12.9. The Morgan fingerprint density at radius 1 is 1.02 bits per heavy atom. The number of alkyl halides is 3. The summed E-state index contributed by atoms with van der Waals surface area (Å²) >= 11 is 0. The largest absolute Gasteiger partial charge is 0.486 e. The van der Waals surface area contributed by atoms with E-state index in [0.29, 0.717) is 25.2 Å². The van der Waals surface area contributed by atoms with E-state index in [4.69, 9.17) is 9.47 Å². The molecule has 0 radical (unpaired) electrons. The maximum Gasteiger partial charge on any atom is 0.416 e. The van der Waals surface area contributed by atoms with Gasteiger partial charge in [-0.15, -0.1) is 0 Å². The monoisotopic (exact) mass is 689 g/mol. The number of anilines is 1. The number of para-hydroxylation sites is 2. The highest BCUT2D eigenvalue weighted by Gasteiger charge is 2.35. The zero-order valence-corrected chi connectivity index (χ0v) is 28.5. The van der Waals surface area contributed by atoms with E-state index in [1.807, 2.05) is 69.4 Å². The van der Waals surface area contributed by atoms with Crippen LogP contribution in [0, 0.1) is 12.8 Å². The fourth-order valence-corrected chi connectivity index (χ4v) is 5.90. The number of aryl methyl sites for hydroxylation is 1. The number of amides is 2. The molecule has 2 N–H and O–H groups in total. The molecule has 0 saturated carbocycles. The number of aliphatic hydroxyl groups excluding tert-OH is 1. The summed E-state index contributed by atoms with van der Waals surface area (Å²) in [5, 5.41) is 12.8. The lowest BCUT2D eigenvalue weighted by molar-refractivity contribution is -0.137. The molecule has 50 heavy (non-hydrogen) atoms. The Bertz CT molecular complexity index is 1780. The van der Waals surface area contributed by atoms with Crippen molar-refractivity contribution < 1.29 is 37.3 Å². The lowest BCUT2D eigenvalue weighted by Crippen LogP contribution is -2.49. The third-order valence-corrected chi connectivity index (χ3v) is 8.80. The van der Waals surface area contributed by atoms with Crippen LogP contribution in [0.25, 0.3) is 0 Å². The standard InChI is InChI=1S/C39H42F3N3O5/c1-25-8-5-6-11-34(25)49-31-18-14-29(15-19-31)22-44(4)23-35-26(2)21-45(27(3)24-46)38(48)32-9-7-10-33(37(32)50-35)43-36(47)20-28-12-16-30(17-13-28)39(40,41)42/h5-19,26-27,35,46H,20-24H2,1-4H3,(H,43,47)/t26-,27+,35-/m1/s1. The molecule has 1 aliphatic heterocycles. The Kier molecular flexibility index (Phi) is 11.5. The SMILES string of the molecule is Cc1ccccc1Oc1ccc(CN(C)C[C@H]2Oc3c(NC(=O)Cc4ccc(C(F)(F)F)cc4)cccc3C(=O)N([C@@H](C)CO)C[C@H]2C)cc1. The smallest absolute Gasteiger partial charge is 0.416 e. The first-order valence-electron chi connectivity index (χ1n) is 16.5. The molecule has 3 atom stereocenters. The Hall–Kier alpha value is -4.87. The molecular weight excluding hydrogens is 647 g/mol. The van der Waals surface area contributed by atoms with Crippen LogP contribution in [0.1, 0.15) is 46.5 Å². The average Bonchev–Trinajstić information content (AvgIpc) is 3.08. The van der Waals surface area contributed by atoms with Crippen LogP contribution >= 0.6 is 0 Å². The van der Waals surface area contributed by atoms with E-state index in [0.717, 1.165) is 34.8 Å². The third kappa shape index (κ3) is 9.02. The van der Waals surface area contributed by atoms with Crippen molar-refractivity contribution in [1.82, 2.24) is 9.80 Å². The molecule has 0 fully saturated rings. The van der Waals surface area contributed by atoms with Gasteiger partial charge in [0.25, 0.3) is 5.91 Å². The van der Waals surface area contributed by atoms with Gasteiger partial charge in [0.2, 0.25) is 5.91 Å². The maximum absolute atomic E-state index is 13.8. The number of likely N-dealkylation sites (N-methyl/N-ethyl adjacent to an activating group) is 1. The molecule has 4 aromatic carbocycles. The Morgan fingerprint density at radius 2 is 1.70 bits per heavy atom. The summed E-state index contributed by atoms with van der Waals surface area (Å²) < 4.78 is 51.7. The van der Waals surface area contributed by atoms with Crippen molar-refractivity contribution >= 4 is 17.5 Å². The molecular formula is C39H42F3N3O5. The van der Waals surface area contributed by atoms with E-state index in [9.17, 15) is 27.9 Å². The van der Waals surface area contributed by atoms with Crippen LogP contribution in [0.4, 0.5) is 18.9 Å². The highest BCUT2D eigenvalue weighted by Crippen LogP contribution is 2.35. The summed E-state index contributed by atoms with van der Waals surface area (Å²) in [5.41, 5.74) is 2.22. The lowest BCUT2D eigenvalue weighted by Gasteiger charge is -2.38. The first-order valence-corrected chi connectivity index (χ1v) is 16.5. The molecule has 5 rings (SSSR count). The van der Waals surface area contributed by atoms with Gasteiger partial charge in [-0.1, -0.05) is 55.5 Å². The number of rotatable bonds is 11. The van der Waals surface area contributed by atoms with Crippen LogP contribution in [-0.4, -0.2) is 65.6 Å². The maximum atomic E-state index is 13.8. The number of carbonyl (C=O) groups excluding carboxylic acids is 2. The fraction of sp³-hybridized carbons (Fsp3) is 0.333. The van der Waals surface area contributed by atoms with Crippen molar-refractivity contribution in [3.63, 3.8) is 0 Å². The van der Waals surface area contributed by atoms with E-state index in [1.54, 1.807) is 30.0 Å². The zero-order valence-electron chi connectivity index (χ0n) is 28.5. The summed E-state index contributed by atoms with van der Waals surface area (Å²) in [5.74, 6) is 0.752. The second kappa shape index (κ2) is 15.8. The van der Waals surface area contributed by atoms with Crippen molar-refractivity contribution in [2.75, 3.05) is 32.1 Å². The Morgan fingerprint density at radius 3 is 2.36 bits per heavy atom. The fourth-order valence-electron chi connectivity index (χ4n) is 5.90. The van der Waals surface area contributed by atoms with Crippen molar-refractivity contribution in [2.45, 2.75) is 52.1 Å². The molecule has 0 unspecified atom stereocenters. The summed E-state index contributed by atoms with van der Waals surface area (Å²) in [6.07, 6.45) is -5.08. The number of ether oxygens (including phenoxy) is 2. The first-order chi connectivity index (χ1) is 23.8. The highest BCUT2D eigenvalue weighted by atomic mass is 19.4. The zero-order chi connectivity index (χ0) is 36.0. The molecule has 1 heterocycles. The van der Waals surface area contributed by atoms with Crippen molar-refractivity contribution in [2.24, 2.45) is 5.92 Å². The van der Waals surface area contributed by atoms with Crippen LogP contribution in [-0.2, 0) is 23.9 Å². The molecule has 0 aliphatic carbocycles. The molecule has 8 nitrogen and oxygen atoms in total.